The van der Waals surface area contributed by atoms with Crippen LogP contribution in [0.5, 0.6) is 0 Å². The van der Waals surface area contributed by atoms with Crippen LogP contribution >= 0.6 is 0 Å². The molecule has 0 fully saturated rings. The summed E-state index contributed by atoms with van der Waals surface area (Å²) >= 11 is 0. The smallest absolute Gasteiger partial charge is 0.402 e. The minimum absolute atomic E-state index is 0.0167. The second-order valence-electron chi connectivity index (χ2n) is 9.64. The first-order valence-corrected chi connectivity index (χ1v) is 15.4. The maximum Gasteiger partial charge on any atom is 0.402 e. The van der Waals surface area contributed by atoms with Gasteiger partial charge in [-0.1, -0.05) is 92.9 Å². The minimum atomic E-state index is -2.30. The van der Waals surface area contributed by atoms with E-state index in [9.17, 15) is 4.79 Å². The van der Waals surface area contributed by atoms with Gasteiger partial charge in [-0.2, -0.15) is 0 Å². The van der Waals surface area contributed by atoms with Crippen molar-refractivity contribution in [3.63, 3.8) is 0 Å². The first kappa shape index (κ1) is 28.8. The van der Waals surface area contributed by atoms with Crippen molar-refractivity contribution in [2.24, 2.45) is 0 Å². The maximum atomic E-state index is 13.6. The summed E-state index contributed by atoms with van der Waals surface area (Å²) in [5.74, 6) is -0.0924. The SMILES string of the molecule is CCCCCC[Si](CCCCCC)(OC(=O)C(C)(CC)[Si](OC)OC)C(C)(C)C. The number of rotatable bonds is 16. The van der Waals surface area contributed by atoms with Gasteiger partial charge in [0, 0.05) is 14.2 Å². The number of unbranched alkanes of at least 4 members (excludes halogenated alkanes) is 6. The van der Waals surface area contributed by atoms with Gasteiger partial charge in [-0.3, -0.25) is 4.79 Å². The van der Waals surface area contributed by atoms with Crippen molar-refractivity contribution < 1.29 is 18.1 Å². The molecular formula is C23H49O4Si2. The van der Waals surface area contributed by atoms with Crippen LogP contribution in [0.25, 0.3) is 0 Å². The second kappa shape index (κ2) is 14.0. The third-order valence-electron chi connectivity index (χ3n) is 6.50. The molecular weight excluding hydrogens is 396 g/mol. The lowest BCUT2D eigenvalue weighted by Gasteiger charge is -2.44. The number of hydrogen-bond donors (Lipinski definition) is 0. The van der Waals surface area contributed by atoms with Crippen LogP contribution in [0.4, 0.5) is 0 Å². The molecule has 1 unspecified atom stereocenters. The van der Waals surface area contributed by atoms with Gasteiger partial charge in [0.15, 0.2) is 0 Å². The minimum Gasteiger partial charge on any atom is -0.518 e. The standard InChI is InChI=1S/C23H49O4Si2/c1-10-13-15-17-19-29(22(4,5)6,20-18-16-14-11-2)27-21(24)23(7,12-3)28(25-8)26-9/h10-20H2,1-9H3. The van der Waals surface area contributed by atoms with E-state index in [1.54, 1.807) is 14.2 Å². The summed E-state index contributed by atoms with van der Waals surface area (Å²) in [4.78, 5) is 13.6. The highest BCUT2D eigenvalue weighted by molar-refractivity contribution is 6.78. The van der Waals surface area contributed by atoms with Gasteiger partial charge in [0.05, 0.1) is 0 Å². The number of hydrogen-bond acceptors (Lipinski definition) is 4. The van der Waals surface area contributed by atoms with Crippen molar-refractivity contribution in [1.82, 2.24) is 0 Å². The molecule has 0 aromatic carbocycles. The van der Waals surface area contributed by atoms with E-state index in [1.165, 1.54) is 38.5 Å². The summed E-state index contributed by atoms with van der Waals surface area (Å²) in [5.41, 5.74) is 0. The lowest BCUT2D eigenvalue weighted by atomic mass is 10.1. The molecule has 0 saturated carbocycles. The fourth-order valence-corrected chi connectivity index (χ4v) is 10.2. The van der Waals surface area contributed by atoms with Gasteiger partial charge in [-0.25, -0.2) is 0 Å². The molecule has 0 bridgehead atoms. The first-order chi connectivity index (χ1) is 13.6. The van der Waals surface area contributed by atoms with Crippen LogP contribution in [-0.4, -0.2) is 37.8 Å². The third-order valence-corrected chi connectivity index (χ3v) is 14.3. The van der Waals surface area contributed by atoms with Gasteiger partial charge in [-0.05, 0) is 30.5 Å². The molecule has 0 saturated heterocycles. The van der Waals surface area contributed by atoms with Crippen LogP contribution in [0.3, 0.4) is 0 Å². The van der Waals surface area contributed by atoms with Gasteiger partial charge in [0.2, 0.25) is 0 Å². The fourth-order valence-electron chi connectivity index (χ4n) is 4.00. The Bertz CT molecular complexity index is 435. The topological polar surface area (TPSA) is 44.8 Å². The van der Waals surface area contributed by atoms with E-state index in [0.717, 1.165) is 24.9 Å². The van der Waals surface area contributed by atoms with Crippen LogP contribution in [0, 0.1) is 0 Å². The van der Waals surface area contributed by atoms with E-state index in [1.807, 2.05) is 13.8 Å². The van der Waals surface area contributed by atoms with Gasteiger partial charge in [0.25, 0.3) is 14.3 Å². The Morgan fingerprint density at radius 3 is 1.55 bits per heavy atom. The quantitative estimate of drug-likeness (QED) is 0.183. The van der Waals surface area contributed by atoms with E-state index >= 15 is 0 Å². The highest BCUT2D eigenvalue weighted by Gasteiger charge is 2.53. The van der Waals surface area contributed by atoms with Crippen molar-refractivity contribution >= 4 is 23.6 Å². The molecule has 0 aliphatic rings. The molecule has 0 aromatic heterocycles. The molecule has 0 amide bonds. The molecule has 0 aromatic rings. The fraction of sp³-hybridized carbons (Fsp3) is 0.957. The maximum absolute atomic E-state index is 13.6. The summed E-state index contributed by atoms with van der Waals surface area (Å²) in [6.45, 7) is 15.3. The molecule has 0 N–H and O–H groups in total. The average molecular weight is 446 g/mol. The Labute approximate surface area is 184 Å². The molecule has 0 heterocycles. The molecule has 29 heavy (non-hydrogen) atoms. The Hall–Kier alpha value is -0.176. The normalized spacial score (nSPS) is 14.8. The van der Waals surface area contributed by atoms with Crippen molar-refractivity contribution in [2.45, 2.75) is 128 Å². The molecule has 173 valence electrons. The summed E-state index contributed by atoms with van der Waals surface area (Å²) < 4.78 is 17.9. The van der Waals surface area contributed by atoms with Crippen molar-refractivity contribution in [2.75, 3.05) is 14.2 Å². The van der Waals surface area contributed by atoms with E-state index in [4.69, 9.17) is 13.3 Å². The summed E-state index contributed by atoms with van der Waals surface area (Å²) in [7, 11) is -0.754. The predicted molar refractivity (Wildman–Crippen MR) is 128 cm³/mol. The molecule has 0 aliphatic heterocycles. The zero-order valence-corrected chi connectivity index (χ0v) is 22.9. The van der Waals surface area contributed by atoms with E-state index in [2.05, 4.69) is 34.6 Å². The molecule has 0 aliphatic carbocycles. The Kier molecular flexibility index (Phi) is 13.9. The lowest BCUT2D eigenvalue weighted by molar-refractivity contribution is -0.139. The van der Waals surface area contributed by atoms with E-state index < -0.39 is 22.6 Å². The van der Waals surface area contributed by atoms with Crippen molar-refractivity contribution in [1.29, 1.82) is 0 Å². The highest BCUT2D eigenvalue weighted by Crippen LogP contribution is 2.47. The summed E-state index contributed by atoms with van der Waals surface area (Å²) in [6, 6.07) is 2.13. The number of carbonyl (C=O) groups is 1. The largest absolute Gasteiger partial charge is 0.518 e. The van der Waals surface area contributed by atoms with Crippen molar-refractivity contribution in [3.8, 4) is 0 Å². The van der Waals surface area contributed by atoms with Gasteiger partial charge in [-0.15, -0.1) is 0 Å². The second-order valence-corrected chi connectivity index (χ2v) is 16.8. The molecule has 0 rings (SSSR count). The zero-order chi connectivity index (χ0) is 22.6. The van der Waals surface area contributed by atoms with Crippen LogP contribution < -0.4 is 0 Å². The summed E-state index contributed by atoms with van der Waals surface area (Å²) in [6.07, 6.45) is 10.4. The molecule has 6 heteroatoms. The number of carbonyl (C=O) groups excluding carboxylic acids is 1. The van der Waals surface area contributed by atoms with Crippen LogP contribution in [-0.2, 0) is 18.1 Å². The van der Waals surface area contributed by atoms with Crippen LogP contribution in [0.15, 0.2) is 0 Å². The van der Waals surface area contributed by atoms with Crippen molar-refractivity contribution in [3.05, 3.63) is 0 Å². The average Bonchev–Trinajstić information content (AvgIpc) is 2.67. The van der Waals surface area contributed by atoms with E-state index in [0.29, 0.717) is 6.42 Å². The predicted octanol–water partition coefficient (Wildman–Crippen LogP) is 7.39. The van der Waals surface area contributed by atoms with Crippen LogP contribution in [0.1, 0.15) is 106 Å². The Balaban J connectivity index is 5.74. The Morgan fingerprint density at radius 2 is 1.24 bits per heavy atom. The van der Waals surface area contributed by atoms with Gasteiger partial charge < -0.3 is 13.3 Å². The molecule has 1 radical (unpaired) electrons. The first-order valence-electron chi connectivity index (χ1n) is 11.8. The zero-order valence-electron chi connectivity index (χ0n) is 20.9. The lowest BCUT2D eigenvalue weighted by Crippen LogP contribution is -2.52. The Morgan fingerprint density at radius 1 is 0.793 bits per heavy atom. The van der Waals surface area contributed by atoms with Gasteiger partial charge in [0.1, 0.15) is 5.04 Å². The summed E-state index contributed by atoms with van der Waals surface area (Å²) in [5, 5.41) is -0.673. The third kappa shape index (κ3) is 8.46. The monoisotopic (exact) mass is 445 g/mol. The molecule has 4 nitrogen and oxygen atoms in total. The van der Waals surface area contributed by atoms with Gasteiger partial charge >= 0.3 is 9.28 Å². The van der Waals surface area contributed by atoms with Crippen LogP contribution in [0.2, 0.25) is 22.2 Å². The molecule has 1 atom stereocenters. The highest BCUT2D eigenvalue weighted by atomic mass is 28.4. The van der Waals surface area contributed by atoms with E-state index in [-0.39, 0.29) is 11.0 Å². The molecule has 0 spiro atoms.